The largest absolute Gasteiger partial charge is 0.337 e. The molecule has 3 aliphatic rings. The van der Waals surface area contributed by atoms with Crippen LogP contribution in [0.25, 0.3) is 0 Å². The van der Waals surface area contributed by atoms with E-state index in [1.807, 2.05) is 0 Å². The third-order valence-electron chi connectivity index (χ3n) is 5.28. The number of H-pyrrole nitrogens is 1. The van der Waals surface area contributed by atoms with E-state index in [1.54, 1.807) is 4.90 Å². The summed E-state index contributed by atoms with van der Waals surface area (Å²) in [6.07, 6.45) is 7.63. The van der Waals surface area contributed by atoms with Gasteiger partial charge < -0.3 is 10.2 Å². The number of rotatable bonds is 6. The smallest absolute Gasteiger partial charge is 0.278 e. The molecule has 0 bridgehead atoms. The van der Waals surface area contributed by atoms with Crippen molar-refractivity contribution in [3.8, 4) is 0 Å². The number of anilines is 1. The lowest BCUT2D eigenvalue weighted by atomic mass is 9.94. The first-order valence-electron chi connectivity index (χ1n) is 8.72. The van der Waals surface area contributed by atoms with Crippen molar-refractivity contribution in [2.75, 3.05) is 18.4 Å². The maximum absolute atomic E-state index is 12.4. The molecular weight excluding hydrogens is 294 g/mol. The van der Waals surface area contributed by atoms with Crippen molar-refractivity contribution in [2.24, 2.45) is 17.8 Å². The van der Waals surface area contributed by atoms with E-state index in [2.05, 4.69) is 20.7 Å². The fraction of sp³-hybridized carbons (Fsp3) is 0.750. The molecule has 1 aromatic rings. The molecule has 2 heterocycles. The summed E-state index contributed by atoms with van der Waals surface area (Å²) in [5, 5.41) is 13.2. The summed E-state index contributed by atoms with van der Waals surface area (Å²) in [4.78, 5) is 26.6. The van der Waals surface area contributed by atoms with Crippen molar-refractivity contribution in [1.29, 1.82) is 0 Å². The number of carbonyl (C=O) groups is 2. The van der Waals surface area contributed by atoms with Gasteiger partial charge in [-0.15, -0.1) is 10.2 Å². The Bertz CT molecular complexity index is 587. The average molecular weight is 317 g/mol. The molecule has 0 unspecified atom stereocenters. The van der Waals surface area contributed by atoms with E-state index in [0.29, 0.717) is 12.3 Å². The van der Waals surface area contributed by atoms with E-state index in [0.717, 1.165) is 37.8 Å². The number of nitrogens with zero attached hydrogens (tertiary/aromatic N) is 3. The second-order valence-corrected chi connectivity index (χ2v) is 7.11. The predicted molar refractivity (Wildman–Crippen MR) is 83.7 cm³/mol. The first kappa shape index (κ1) is 14.7. The van der Waals surface area contributed by atoms with Gasteiger partial charge in [0.25, 0.3) is 5.91 Å². The van der Waals surface area contributed by atoms with E-state index in [9.17, 15) is 9.59 Å². The molecule has 2 saturated carbocycles. The summed E-state index contributed by atoms with van der Waals surface area (Å²) < 4.78 is 0. The zero-order valence-electron chi connectivity index (χ0n) is 13.3. The molecule has 2 N–H and O–H groups in total. The van der Waals surface area contributed by atoms with Crippen LogP contribution >= 0.6 is 0 Å². The van der Waals surface area contributed by atoms with Crippen molar-refractivity contribution < 1.29 is 9.59 Å². The monoisotopic (exact) mass is 317 g/mol. The molecule has 124 valence electrons. The molecule has 3 fully saturated rings. The quantitative estimate of drug-likeness (QED) is 0.837. The summed E-state index contributed by atoms with van der Waals surface area (Å²) in [6.45, 7) is 1.51. The molecule has 7 nitrogen and oxygen atoms in total. The fourth-order valence-corrected chi connectivity index (χ4v) is 3.70. The van der Waals surface area contributed by atoms with E-state index < -0.39 is 0 Å². The highest BCUT2D eigenvalue weighted by atomic mass is 16.2. The van der Waals surface area contributed by atoms with Crippen molar-refractivity contribution in [1.82, 2.24) is 20.3 Å². The molecular formula is C16H23N5O2. The molecule has 7 heteroatoms. The van der Waals surface area contributed by atoms with Gasteiger partial charge >= 0.3 is 0 Å². The highest BCUT2D eigenvalue weighted by molar-refractivity contribution is 6.01. The lowest BCUT2D eigenvalue weighted by Gasteiger charge is -2.16. The minimum Gasteiger partial charge on any atom is -0.337 e. The standard InChI is InChI=1S/C16H23N5O2/c22-13(9-12(10-3-4-10)11-5-6-11)17-15-14(18-20-19-15)16(23)21-7-1-2-8-21/h10-12H,1-9H2,(H2,17,18,19,20,22). The van der Waals surface area contributed by atoms with Gasteiger partial charge in [0.1, 0.15) is 0 Å². The van der Waals surface area contributed by atoms with Gasteiger partial charge in [-0.1, -0.05) is 0 Å². The van der Waals surface area contributed by atoms with Crippen LogP contribution in [-0.4, -0.2) is 45.2 Å². The Kier molecular flexibility index (Phi) is 3.79. The Hall–Kier alpha value is -1.92. The van der Waals surface area contributed by atoms with Crippen LogP contribution in [0.1, 0.15) is 55.4 Å². The molecule has 0 radical (unpaired) electrons. The molecule has 2 amide bonds. The number of likely N-dealkylation sites (tertiary alicyclic amines) is 1. The van der Waals surface area contributed by atoms with Crippen LogP contribution in [-0.2, 0) is 4.79 Å². The minimum atomic E-state index is -0.146. The zero-order valence-corrected chi connectivity index (χ0v) is 13.3. The summed E-state index contributed by atoms with van der Waals surface area (Å²) in [6, 6.07) is 0. The molecule has 0 atom stereocenters. The van der Waals surface area contributed by atoms with Crippen LogP contribution < -0.4 is 5.32 Å². The Morgan fingerprint density at radius 1 is 1.13 bits per heavy atom. The predicted octanol–water partition coefficient (Wildman–Crippen LogP) is 1.81. The molecule has 0 spiro atoms. The van der Waals surface area contributed by atoms with Gasteiger partial charge in [0.15, 0.2) is 11.5 Å². The summed E-state index contributed by atoms with van der Waals surface area (Å²) in [7, 11) is 0. The van der Waals surface area contributed by atoms with Gasteiger partial charge in [-0.25, -0.2) is 0 Å². The number of hydrogen-bond acceptors (Lipinski definition) is 4. The number of amides is 2. The number of aromatic nitrogens is 3. The Morgan fingerprint density at radius 2 is 1.78 bits per heavy atom. The topological polar surface area (TPSA) is 91.0 Å². The van der Waals surface area contributed by atoms with Crippen LogP contribution in [0.5, 0.6) is 0 Å². The summed E-state index contributed by atoms with van der Waals surface area (Å²) in [5.74, 6) is 2.06. The third-order valence-corrected chi connectivity index (χ3v) is 5.28. The maximum Gasteiger partial charge on any atom is 0.278 e. The van der Waals surface area contributed by atoms with Gasteiger partial charge in [0, 0.05) is 19.5 Å². The van der Waals surface area contributed by atoms with Crippen LogP contribution in [0.3, 0.4) is 0 Å². The second-order valence-electron chi connectivity index (χ2n) is 7.11. The third kappa shape index (κ3) is 3.23. The van der Waals surface area contributed by atoms with Crippen molar-refractivity contribution in [2.45, 2.75) is 44.9 Å². The molecule has 1 aliphatic heterocycles. The molecule has 2 aliphatic carbocycles. The first-order valence-corrected chi connectivity index (χ1v) is 8.72. The van der Waals surface area contributed by atoms with Gasteiger partial charge in [0.2, 0.25) is 5.91 Å². The SMILES string of the molecule is O=C(CC(C1CC1)C1CC1)Nc1n[nH]nc1C(=O)N1CCCC1. The first-order chi connectivity index (χ1) is 11.2. The Morgan fingerprint density at radius 3 is 2.39 bits per heavy atom. The average Bonchev–Trinajstić information content (AvgIpc) is 3.46. The van der Waals surface area contributed by atoms with Gasteiger partial charge in [-0.3, -0.25) is 9.59 Å². The van der Waals surface area contributed by atoms with Crippen LogP contribution in [0.2, 0.25) is 0 Å². The maximum atomic E-state index is 12.4. The molecule has 0 aromatic carbocycles. The Balaban J connectivity index is 1.39. The number of aromatic amines is 1. The van der Waals surface area contributed by atoms with Gasteiger partial charge in [-0.2, -0.15) is 5.21 Å². The van der Waals surface area contributed by atoms with Crippen molar-refractivity contribution in [3.63, 3.8) is 0 Å². The molecule has 1 aromatic heterocycles. The molecule has 23 heavy (non-hydrogen) atoms. The van der Waals surface area contributed by atoms with E-state index in [4.69, 9.17) is 0 Å². The van der Waals surface area contributed by atoms with Gasteiger partial charge in [-0.05, 0) is 56.3 Å². The van der Waals surface area contributed by atoms with E-state index in [1.165, 1.54) is 25.7 Å². The van der Waals surface area contributed by atoms with Crippen molar-refractivity contribution in [3.05, 3.63) is 5.69 Å². The fourth-order valence-electron chi connectivity index (χ4n) is 3.70. The summed E-state index contributed by atoms with van der Waals surface area (Å²) >= 11 is 0. The van der Waals surface area contributed by atoms with Crippen LogP contribution in [0.4, 0.5) is 5.82 Å². The normalized spacial score (nSPS) is 21.0. The van der Waals surface area contributed by atoms with Crippen molar-refractivity contribution >= 4 is 17.6 Å². The number of hydrogen-bond donors (Lipinski definition) is 2. The second kappa shape index (κ2) is 5.94. The van der Waals surface area contributed by atoms with Gasteiger partial charge in [0.05, 0.1) is 0 Å². The minimum absolute atomic E-state index is 0.0434. The highest BCUT2D eigenvalue weighted by Crippen LogP contribution is 2.50. The Labute approximate surface area is 135 Å². The van der Waals surface area contributed by atoms with Crippen LogP contribution in [0.15, 0.2) is 0 Å². The van der Waals surface area contributed by atoms with E-state index >= 15 is 0 Å². The number of nitrogens with one attached hydrogen (secondary N) is 2. The number of carbonyl (C=O) groups excluding carboxylic acids is 2. The molecule has 1 saturated heterocycles. The summed E-state index contributed by atoms with van der Waals surface area (Å²) in [5.41, 5.74) is 0.231. The lowest BCUT2D eigenvalue weighted by molar-refractivity contribution is -0.117. The lowest BCUT2D eigenvalue weighted by Crippen LogP contribution is -2.29. The van der Waals surface area contributed by atoms with Crippen LogP contribution in [0, 0.1) is 17.8 Å². The highest BCUT2D eigenvalue weighted by Gasteiger charge is 2.42. The molecule has 4 rings (SSSR count). The zero-order chi connectivity index (χ0) is 15.8. The van der Waals surface area contributed by atoms with E-state index in [-0.39, 0.29) is 23.3 Å².